The molecule has 6 heteroatoms. The second kappa shape index (κ2) is 3.46. The summed E-state index contributed by atoms with van der Waals surface area (Å²) in [7, 11) is 0. The average molecular weight is 224 g/mol. The van der Waals surface area contributed by atoms with E-state index >= 15 is 0 Å². The highest BCUT2D eigenvalue weighted by molar-refractivity contribution is 6.31. The molecular formula is C8H2ClF4N. The number of halogens is 5. The monoisotopic (exact) mass is 223 g/mol. The number of hydrogen-bond donors (Lipinski definition) is 0. The van der Waals surface area contributed by atoms with Crippen LogP contribution in [-0.4, -0.2) is 0 Å². The number of rotatable bonds is 0. The lowest BCUT2D eigenvalue weighted by atomic mass is 10.1. The molecule has 1 nitrogen and oxygen atoms in total. The van der Waals surface area contributed by atoms with Crippen molar-refractivity contribution in [1.82, 2.24) is 0 Å². The number of alkyl halides is 3. The van der Waals surface area contributed by atoms with Crippen LogP contribution in [-0.2, 0) is 6.18 Å². The number of benzene rings is 1. The molecule has 0 spiro atoms. The molecule has 0 bridgehead atoms. The van der Waals surface area contributed by atoms with Gasteiger partial charge in [-0.05, 0) is 12.1 Å². The number of nitrogens with zero attached hydrogens (tertiary/aromatic N) is 1. The van der Waals surface area contributed by atoms with E-state index in [1.807, 2.05) is 0 Å². The summed E-state index contributed by atoms with van der Waals surface area (Å²) in [5, 5.41) is 7.65. The average Bonchev–Trinajstić information content (AvgIpc) is 2.06. The van der Waals surface area contributed by atoms with E-state index < -0.39 is 28.1 Å². The van der Waals surface area contributed by atoms with Gasteiger partial charge in [-0.3, -0.25) is 0 Å². The molecule has 1 aromatic carbocycles. The molecule has 14 heavy (non-hydrogen) atoms. The highest BCUT2D eigenvalue weighted by atomic mass is 35.5. The predicted molar refractivity (Wildman–Crippen MR) is 41.1 cm³/mol. The quantitative estimate of drug-likeness (QED) is 0.619. The molecule has 0 radical (unpaired) electrons. The minimum Gasteiger partial charge on any atom is -0.206 e. The van der Waals surface area contributed by atoms with Crippen LogP contribution in [0.1, 0.15) is 11.1 Å². The lowest BCUT2D eigenvalue weighted by Crippen LogP contribution is -2.10. The molecule has 0 amide bonds. The molecule has 0 aromatic heterocycles. The third kappa shape index (κ3) is 1.80. The van der Waals surface area contributed by atoms with E-state index in [1.54, 1.807) is 0 Å². The van der Waals surface area contributed by atoms with E-state index in [0.29, 0.717) is 0 Å². The molecule has 1 rings (SSSR count). The summed E-state index contributed by atoms with van der Waals surface area (Å²) < 4.78 is 49.6. The van der Waals surface area contributed by atoms with Gasteiger partial charge in [0.1, 0.15) is 17.4 Å². The Labute approximate surface area is 81.5 Å². The Balaban J connectivity index is 3.56. The smallest absolute Gasteiger partial charge is 0.206 e. The van der Waals surface area contributed by atoms with Crippen molar-refractivity contribution in [3.05, 3.63) is 34.1 Å². The summed E-state index contributed by atoms with van der Waals surface area (Å²) in [5.74, 6) is -1.23. The van der Waals surface area contributed by atoms with Gasteiger partial charge < -0.3 is 0 Å². The van der Waals surface area contributed by atoms with Crippen molar-refractivity contribution in [2.75, 3.05) is 0 Å². The van der Waals surface area contributed by atoms with Crippen molar-refractivity contribution in [3.63, 3.8) is 0 Å². The third-order valence-corrected chi connectivity index (χ3v) is 1.81. The first kappa shape index (κ1) is 10.8. The van der Waals surface area contributed by atoms with Crippen LogP contribution in [0.3, 0.4) is 0 Å². The maximum absolute atomic E-state index is 12.8. The van der Waals surface area contributed by atoms with Gasteiger partial charge in [0.2, 0.25) is 0 Å². The molecule has 0 aliphatic carbocycles. The summed E-state index contributed by atoms with van der Waals surface area (Å²) in [5.41, 5.74) is -2.51. The molecule has 74 valence electrons. The van der Waals surface area contributed by atoms with Crippen molar-refractivity contribution in [2.24, 2.45) is 0 Å². The predicted octanol–water partition coefficient (Wildman–Crippen LogP) is 3.37. The van der Waals surface area contributed by atoms with Crippen molar-refractivity contribution in [2.45, 2.75) is 6.18 Å². The largest absolute Gasteiger partial charge is 0.419 e. The van der Waals surface area contributed by atoms with Crippen LogP contribution in [0.4, 0.5) is 17.6 Å². The zero-order valence-electron chi connectivity index (χ0n) is 6.49. The van der Waals surface area contributed by atoms with E-state index in [2.05, 4.69) is 0 Å². The minimum absolute atomic E-state index is 0.685. The van der Waals surface area contributed by atoms with Crippen LogP contribution < -0.4 is 0 Å². The Morgan fingerprint density at radius 2 is 1.86 bits per heavy atom. The molecule has 0 heterocycles. The fourth-order valence-corrected chi connectivity index (χ4v) is 1.20. The maximum Gasteiger partial charge on any atom is 0.419 e. The first-order valence-corrected chi connectivity index (χ1v) is 3.71. The Hall–Kier alpha value is -1.28. The maximum atomic E-state index is 12.8. The first-order chi connectivity index (χ1) is 6.38. The summed E-state index contributed by atoms with van der Waals surface area (Å²) in [6.07, 6.45) is -4.83. The molecule has 0 fully saturated rings. The molecule has 1 aromatic rings. The summed E-state index contributed by atoms with van der Waals surface area (Å²) >= 11 is 5.23. The lowest BCUT2D eigenvalue weighted by molar-refractivity contribution is -0.137. The van der Waals surface area contributed by atoms with Crippen molar-refractivity contribution in [1.29, 1.82) is 5.26 Å². The SMILES string of the molecule is N#Cc1c(F)ccc(Cl)c1C(F)(F)F. The van der Waals surface area contributed by atoms with Gasteiger partial charge in [-0.1, -0.05) is 11.6 Å². The Morgan fingerprint density at radius 1 is 1.29 bits per heavy atom. The molecule has 0 unspecified atom stereocenters. The van der Waals surface area contributed by atoms with Crippen LogP contribution in [0.2, 0.25) is 5.02 Å². The molecule has 0 saturated heterocycles. The summed E-state index contributed by atoms with van der Waals surface area (Å²) in [6, 6.07) is 2.61. The molecule has 0 N–H and O–H groups in total. The van der Waals surface area contributed by atoms with E-state index in [-0.39, 0.29) is 0 Å². The van der Waals surface area contributed by atoms with Gasteiger partial charge in [0.15, 0.2) is 0 Å². The molecule has 0 aliphatic rings. The van der Waals surface area contributed by atoms with Gasteiger partial charge in [-0.2, -0.15) is 18.4 Å². The second-order valence-corrected chi connectivity index (χ2v) is 2.80. The zero-order valence-corrected chi connectivity index (χ0v) is 7.25. The molecule has 0 aliphatic heterocycles. The van der Waals surface area contributed by atoms with Crippen LogP contribution in [0.15, 0.2) is 12.1 Å². The van der Waals surface area contributed by atoms with Crippen LogP contribution >= 0.6 is 11.6 Å². The van der Waals surface area contributed by atoms with Crippen LogP contribution in [0.5, 0.6) is 0 Å². The zero-order chi connectivity index (χ0) is 10.9. The van der Waals surface area contributed by atoms with Gasteiger partial charge in [0, 0.05) is 0 Å². The number of hydrogen-bond acceptors (Lipinski definition) is 1. The minimum atomic E-state index is -4.83. The summed E-state index contributed by atoms with van der Waals surface area (Å²) in [6.45, 7) is 0. The van der Waals surface area contributed by atoms with E-state index in [9.17, 15) is 17.6 Å². The van der Waals surface area contributed by atoms with Crippen molar-refractivity contribution >= 4 is 11.6 Å². The molecule has 0 saturated carbocycles. The Morgan fingerprint density at radius 3 is 2.21 bits per heavy atom. The standard InChI is InChI=1S/C8H2ClF4N/c9-5-1-2-6(10)4(3-14)7(5)8(11,12)13/h1-2H. The van der Waals surface area contributed by atoms with Gasteiger partial charge in [-0.25, -0.2) is 4.39 Å². The second-order valence-electron chi connectivity index (χ2n) is 2.39. The first-order valence-electron chi connectivity index (χ1n) is 3.33. The van der Waals surface area contributed by atoms with E-state index in [4.69, 9.17) is 16.9 Å². The summed E-state index contributed by atoms with van der Waals surface area (Å²) in [4.78, 5) is 0. The van der Waals surface area contributed by atoms with Crippen LogP contribution in [0, 0.1) is 17.1 Å². The topological polar surface area (TPSA) is 23.8 Å². The van der Waals surface area contributed by atoms with Crippen molar-refractivity contribution < 1.29 is 17.6 Å². The highest BCUT2D eigenvalue weighted by Crippen LogP contribution is 2.37. The van der Waals surface area contributed by atoms with E-state index in [0.717, 1.165) is 18.2 Å². The molecular weight excluding hydrogens is 222 g/mol. The van der Waals surface area contributed by atoms with Gasteiger partial charge in [-0.15, -0.1) is 0 Å². The molecule has 0 atom stereocenters. The highest BCUT2D eigenvalue weighted by Gasteiger charge is 2.37. The fourth-order valence-electron chi connectivity index (χ4n) is 0.938. The number of nitriles is 1. The van der Waals surface area contributed by atoms with Crippen molar-refractivity contribution in [3.8, 4) is 6.07 Å². The third-order valence-electron chi connectivity index (χ3n) is 1.50. The van der Waals surface area contributed by atoms with Gasteiger partial charge in [0.25, 0.3) is 0 Å². The lowest BCUT2D eigenvalue weighted by Gasteiger charge is -2.10. The van der Waals surface area contributed by atoms with Gasteiger partial charge >= 0.3 is 6.18 Å². The Bertz CT molecular complexity index is 405. The fraction of sp³-hybridized carbons (Fsp3) is 0.125. The van der Waals surface area contributed by atoms with E-state index in [1.165, 1.54) is 0 Å². The van der Waals surface area contributed by atoms with Crippen LogP contribution in [0.25, 0.3) is 0 Å². The van der Waals surface area contributed by atoms with Gasteiger partial charge in [0.05, 0.1) is 10.6 Å². The Kier molecular flexibility index (Phi) is 2.67. The normalized spacial score (nSPS) is 11.1.